The first kappa shape index (κ1) is 28.0. The second-order valence-corrected chi connectivity index (χ2v) is 10.3. The number of guanidine groups is 1. The van der Waals surface area contributed by atoms with Crippen LogP contribution in [-0.2, 0) is 6.54 Å². The zero-order valence-corrected chi connectivity index (χ0v) is 23.0. The third-order valence-corrected chi connectivity index (χ3v) is 7.79. The van der Waals surface area contributed by atoms with E-state index in [0.29, 0.717) is 23.5 Å². The molecule has 0 aliphatic carbocycles. The van der Waals surface area contributed by atoms with Crippen LogP contribution in [0.3, 0.4) is 0 Å². The van der Waals surface area contributed by atoms with Gasteiger partial charge in [0.1, 0.15) is 5.82 Å². The van der Waals surface area contributed by atoms with Gasteiger partial charge in [-0.2, -0.15) is 0 Å². The maximum absolute atomic E-state index is 14.0. The first-order valence-corrected chi connectivity index (χ1v) is 13.5. The predicted octanol–water partition coefficient (Wildman–Crippen LogP) is 2.61. The number of carbonyl (C=O) groups is 1. The van der Waals surface area contributed by atoms with E-state index in [1.807, 2.05) is 12.1 Å². The van der Waals surface area contributed by atoms with E-state index in [9.17, 15) is 9.18 Å². The van der Waals surface area contributed by atoms with E-state index in [4.69, 9.17) is 22.7 Å². The fourth-order valence-corrected chi connectivity index (χ4v) is 5.58. The van der Waals surface area contributed by atoms with E-state index < -0.39 is 5.91 Å². The number of amides is 1. The molecule has 2 aromatic rings. The van der Waals surface area contributed by atoms with Crippen molar-refractivity contribution in [2.45, 2.75) is 51.7 Å². The standard InChI is InChI=1S/C26H37ClFN9O/c1-4-18-15-36(24-22(27)32-21(23(29)33-24)25(38)34-26(30)31-3)11-12-37(18)19-7-9-35(10-8-19)14-17-6-5-16(2)20(28)13-17/h5-6,13,18-19H,4,7-12,14-15H2,1-3H3,(H2,29,33)(H3,30,31,34,38)/t18-/m0/s1. The summed E-state index contributed by atoms with van der Waals surface area (Å²) < 4.78 is 14.0. The molecule has 0 spiro atoms. The van der Waals surface area contributed by atoms with Crippen molar-refractivity contribution in [3.8, 4) is 0 Å². The molecule has 38 heavy (non-hydrogen) atoms. The Morgan fingerprint density at radius 3 is 2.63 bits per heavy atom. The normalized spacial score (nSPS) is 19.4. The molecule has 3 heterocycles. The first-order chi connectivity index (χ1) is 18.2. The highest BCUT2D eigenvalue weighted by molar-refractivity contribution is 6.32. The highest BCUT2D eigenvalue weighted by Gasteiger charge is 2.34. The average molecular weight is 546 g/mol. The molecule has 10 nitrogen and oxygen atoms in total. The van der Waals surface area contributed by atoms with Crippen LogP contribution in [0.1, 0.15) is 47.8 Å². The lowest BCUT2D eigenvalue weighted by Gasteiger charge is -2.47. The second-order valence-electron chi connectivity index (χ2n) is 9.99. The zero-order valence-electron chi connectivity index (χ0n) is 22.2. The number of carbonyl (C=O) groups excluding carboxylic acids is 1. The van der Waals surface area contributed by atoms with E-state index in [1.54, 1.807) is 13.0 Å². The van der Waals surface area contributed by atoms with Gasteiger partial charge in [-0.25, -0.2) is 14.4 Å². The van der Waals surface area contributed by atoms with E-state index in [-0.39, 0.29) is 28.4 Å². The van der Waals surface area contributed by atoms with Crippen LogP contribution in [0.25, 0.3) is 0 Å². The fourth-order valence-electron chi connectivity index (χ4n) is 5.33. The minimum Gasteiger partial charge on any atom is -0.382 e. The van der Waals surface area contributed by atoms with Gasteiger partial charge in [-0.15, -0.1) is 0 Å². The molecule has 2 aliphatic heterocycles. The van der Waals surface area contributed by atoms with Crippen LogP contribution >= 0.6 is 11.6 Å². The number of piperidine rings is 1. The SMILES string of the molecule is CC[C@H]1CN(c2nc(N)c(C(=O)NC(=N)NC)nc2Cl)CCN1C1CCN(Cc2ccc(C)c(F)c2)CC1. The molecular weight excluding hydrogens is 509 g/mol. The summed E-state index contributed by atoms with van der Waals surface area (Å²) in [5.74, 6) is -0.504. The number of nitrogens with zero attached hydrogens (tertiary/aromatic N) is 5. The van der Waals surface area contributed by atoms with Gasteiger partial charge < -0.3 is 16.0 Å². The molecule has 0 saturated carbocycles. The van der Waals surface area contributed by atoms with Crippen LogP contribution in [0.15, 0.2) is 18.2 Å². The zero-order chi connectivity index (χ0) is 27.4. The predicted molar refractivity (Wildman–Crippen MR) is 148 cm³/mol. The van der Waals surface area contributed by atoms with Crippen molar-refractivity contribution < 1.29 is 9.18 Å². The van der Waals surface area contributed by atoms with Gasteiger partial charge >= 0.3 is 0 Å². The van der Waals surface area contributed by atoms with Crippen molar-refractivity contribution >= 4 is 35.1 Å². The maximum Gasteiger partial charge on any atom is 0.280 e. The molecule has 1 aromatic carbocycles. The number of nitrogens with two attached hydrogens (primary N) is 1. The van der Waals surface area contributed by atoms with Crippen molar-refractivity contribution in [3.63, 3.8) is 0 Å². The van der Waals surface area contributed by atoms with Crippen LogP contribution in [0.2, 0.25) is 5.15 Å². The minimum absolute atomic E-state index is 0.0258. The summed E-state index contributed by atoms with van der Waals surface area (Å²) in [5, 5.41) is 12.6. The monoisotopic (exact) mass is 545 g/mol. The molecule has 1 atom stereocenters. The average Bonchev–Trinajstić information content (AvgIpc) is 2.91. The number of hydrogen-bond acceptors (Lipinski definition) is 8. The Kier molecular flexibility index (Phi) is 9.01. The summed E-state index contributed by atoms with van der Waals surface area (Å²) in [4.78, 5) is 28.1. The Bertz CT molecular complexity index is 1170. The number of aryl methyl sites for hydroxylation is 1. The smallest absolute Gasteiger partial charge is 0.280 e. The molecule has 12 heteroatoms. The second kappa shape index (κ2) is 12.2. The number of benzene rings is 1. The van der Waals surface area contributed by atoms with E-state index in [0.717, 1.165) is 64.1 Å². The first-order valence-electron chi connectivity index (χ1n) is 13.1. The van der Waals surface area contributed by atoms with Crippen molar-refractivity contribution in [2.24, 2.45) is 0 Å². The van der Waals surface area contributed by atoms with Crippen LogP contribution in [0, 0.1) is 18.2 Å². The molecule has 1 amide bonds. The summed E-state index contributed by atoms with van der Waals surface area (Å²) >= 11 is 6.46. The van der Waals surface area contributed by atoms with E-state index in [1.165, 1.54) is 7.05 Å². The van der Waals surface area contributed by atoms with Crippen LogP contribution in [-0.4, -0.2) is 83.5 Å². The van der Waals surface area contributed by atoms with Crippen LogP contribution in [0.4, 0.5) is 16.0 Å². The number of nitrogens with one attached hydrogen (secondary N) is 3. The number of hydrogen-bond donors (Lipinski definition) is 4. The number of rotatable bonds is 6. The Morgan fingerprint density at radius 2 is 1.97 bits per heavy atom. The molecule has 5 N–H and O–H groups in total. The van der Waals surface area contributed by atoms with Crippen LogP contribution in [0.5, 0.6) is 0 Å². The van der Waals surface area contributed by atoms with Crippen LogP contribution < -0.4 is 21.3 Å². The fraction of sp³-hybridized carbons (Fsp3) is 0.538. The number of likely N-dealkylation sites (tertiary alicyclic amines) is 1. The molecule has 2 saturated heterocycles. The van der Waals surface area contributed by atoms with Crippen molar-refractivity contribution in [1.29, 1.82) is 5.41 Å². The Balaban J connectivity index is 1.36. The molecule has 0 radical (unpaired) electrons. The molecular formula is C26H37ClFN9O. The number of aromatic nitrogens is 2. The molecule has 4 rings (SSSR count). The summed E-state index contributed by atoms with van der Waals surface area (Å²) in [6.45, 7) is 9.06. The third-order valence-electron chi connectivity index (χ3n) is 7.53. The Morgan fingerprint density at radius 1 is 1.24 bits per heavy atom. The molecule has 2 aliphatic rings. The molecule has 206 valence electrons. The summed E-state index contributed by atoms with van der Waals surface area (Å²) in [6.07, 6.45) is 3.13. The van der Waals surface area contributed by atoms with Gasteiger partial charge in [0.25, 0.3) is 5.91 Å². The Hall–Kier alpha value is -3.02. The summed E-state index contributed by atoms with van der Waals surface area (Å²) in [7, 11) is 1.52. The number of halogens is 2. The van der Waals surface area contributed by atoms with Gasteiger partial charge in [-0.05, 0) is 56.5 Å². The molecule has 0 unspecified atom stereocenters. The summed E-state index contributed by atoms with van der Waals surface area (Å²) in [5.41, 5.74) is 7.66. The molecule has 2 fully saturated rings. The van der Waals surface area contributed by atoms with Gasteiger partial charge in [0.05, 0.1) is 0 Å². The van der Waals surface area contributed by atoms with Crippen molar-refractivity contribution in [2.75, 3.05) is 50.4 Å². The number of nitrogen functional groups attached to an aromatic ring is 1. The number of anilines is 2. The largest absolute Gasteiger partial charge is 0.382 e. The molecule has 1 aromatic heterocycles. The van der Waals surface area contributed by atoms with Gasteiger partial charge in [-0.1, -0.05) is 30.7 Å². The van der Waals surface area contributed by atoms with Crippen molar-refractivity contribution in [3.05, 3.63) is 46.0 Å². The Labute approximate surface area is 228 Å². The maximum atomic E-state index is 14.0. The lowest BCUT2D eigenvalue weighted by atomic mass is 9.97. The van der Waals surface area contributed by atoms with Gasteiger partial charge in [0.15, 0.2) is 28.4 Å². The highest BCUT2D eigenvalue weighted by Crippen LogP contribution is 2.30. The van der Waals surface area contributed by atoms with Gasteiger partial charge in [0.2, 0.25) is 0 Å². The minimum atomic E-state index is -0.641. The quantitative estimate of drug-likeness (QED) is 0.322. The van der Waals surface area contributed by atoms with Crippen molar-refractivity contribution in [1.82, 2.24) is 30.4 Å². The number of piperazine rings is 1. The highest BCUT2D eigenvalue weighted by atomic mass is 35.5. The topological polar surface area (TPSA) is 126 Å². The third kappa shape index (κ3) is 6.33. The molecule has 0 bridgehead atoms. The van der Waals surface area contributed by atoms with Gasteiger partial charge in [-0.3, -0.25) is 25.3 Å². The van der Waals surface area contributed by atoms with Gasteiger partial charge in [0, 0.05) is 45.3 Å². The lowest BCUT2D eigenvalue weighted by Crippen LogP contribution is -2.58. The lowest BCUT2D eigenvalue weighted by molar-refractivity contribution is 0.0610. The van der Waals surface area contributed by atoms with E-state index in [2.05, 4.69) is 42.2 Å². The van der Waals surface area contributed by atoms with E-state index >= 15 is 0 Å². The summed E-state index contributed by atoms with van der Waals surface area (Å²) in [6, 6.07) is 6.34.